The van der Waals surface area contributed by atoms with Crippen LogP contribution in [0.3, 0.4) is 0 Å². The van der Waals surface area contributed by atoms with Crippen LogP contribution in [0.5, 0.6) is 0 Å². The highest BCUT2D eigenvalue weighted by molar-refractivity contribution is 8.22. The van der Waals surface area contributed by atoms with Crippen molar-refractivity contribution in [2.75, 3.05) is 0 Å². The smallest absolute Gasteiger partial charge is 0.264 e. The van der Waals surface area contributed by atoms with Gasteiger partial charge in [-0.25, -0.2) is 4.21 Å². The lowest BCUT2D eigenvalue weighted by Crippen LogP contribution is -1.82. The highest BCUT2D eigenvalue weighted by atomic mass is 35.7. The van der Waals surface area contributed by atoms with E-state index in [1.807, 2.05) is 0 Å². The van der Waals surface area contributed by atoms with Crippen LogP contribution < -0.4 is 0 Å². The maximum atomic E-state index is 9.54. The molecule has 0 saturated carbocycles. The van der Waals surface area contributed by atoms with Crippen LogP contribution in [0.1, 0.15) is 0 Å². The number of halogens is 2. The Balaban J connectivity index is 3.57. The van der Waals surface area contributed by atoms with Crippen molar-refractivity contribution in [1.29, 1.82) is 0 Å². The first-order valence-electron chi connectivity index (χ1n) is 0.918. The van der Waals surface area contributed by atoms with Gasteiger partial charge in [-0.05, 0) is 22.3 Å². The zero-order valence-electron chi connectivity index (χ0n) is 2.48. The van der Waals surface area contributed by atoms with Gasteiger partial charge < -0.3 is 0 Å². The molecule has 0 aromatic carbocycles. The highest BCUT2D eigenvalue weighted by Gasteiger charge is 1.99. The molecule has 0 aliphatic rings. The van der Waals surface area contributed by atoms with E-state index in [-0.39, 0.29) is 0 Å². The van der Waals surface area contributed by atoms with Crippen molar-refractivity contribution in [3.63, 3.8) is 0 Å². The van der Waals surface area contributed by atoms with Crippen molar-refractivity contribution in [3.05, 3.63) is 0 Å². The molecule has 0 spiro atoms. The average Bonchev–Trinajstić information content (AvgIpc) is 1.36. The second-order valence-electron chi connectivity index (χ2n) is 0.461. The lowest BCUT2D eigenvalue weighted by Gasteiger charge is -1.68. The summed E-state index contributed by atoms with van der Waals surface area (Å²) in [5.74, 6) is 0. The topological polar surface area (TPSA) is 34.1 Å². The van der Waals surface area contributed by atoms with Gasteiger partial charge in [-0.2, -0.15) is 0 Å². The predicted molar refractivity (Wildman–Crippen MR) is 25.2 cm³/mol. The lowest BCUT2D eigenvalue weighted by atomic mass is 11.8. The van der Waals surface area contributed by atoms with Gasteiger partial charge in [0.15, 0.2) is 0 Å². The molecular formula is CCl2O2S. The summed E-state index contributed by atoms with van der Waals surface area (Å²) in [6, 6.07) is 0. The van der Waals surface area contributed by atoms with Gasteiger partial charge in [-0.3, -0.25) is 4.79 Å². The molecule has 1 atom stereocenters. The van der Waals surface area contributed by atoms with Crippen LogP contribution in [-0.4, -0.2) is 8.78 Å². The number of rotatable bonds is 0. The minimum absolute atomic E-state index is 1.03. The molecule has 6 heavy (non-hydrogen) atoms. The van der Waals surface area contributed by atoms with Crippen molar-refractivity contribution in [3.8, 4) is 0 Å². The number of hydrogen-bond donors (Lipinski definition) is 0. The third-order valence-electron chi connectivity index (χ3n) is 0.126. The standard InChI is InChI=1S/CCl2O2S/c2-1(4)6(3)5. The summed E-state index contributed by atoms with van der Waals surface area (Å²) in [5, 5.41) is 0. The molecule has 1 unspecified atom stereocenters. The van der Waals surface area contributed by atoms with E-state index >= 15 is 0 Å². The molecule has 36 valence electrons. The number of carbonyl (C=O) groups excluding carboxylic acids is 1. The summed E-state index contributed by atoms with van der Waals surface area (Å²) in [6.07, 6.45) is 0. The summed E-state index contributed by atoms with van der Waals surface area (Å²) < 4.78 is 8.51. The molecule has 0 radical (unpaired) electrons. The van der Waals surface area contributed by atoms with Gasteiger partial charge >= 0.3 is 4.57 Å². The first kappa shape index (κ1) is 6.40. The Bertz CT molecular complexity index is 77.5. The van der Waals surface area contributed by atoms with Gasteiger partial charge in [0.2, 0.25) is 10.0 Å². The highest BCUT2D eigenvalue weighted by Crippen LogP contribution is 1.94. The predicted octanol–water partition coefficient (Wildman–Crippen LogP) is 1.25. The minimum atomic E-state index is -2.02. The SMILES string of the molecule is O=C(Cl)S(=O)Cl. The molecular weight excluding hydrogens is 147 g/mol. The first-order chi connectivity index (χ1) is 2.64. The Labute approximate surface area is 46.4 Å². The largest absolute Gasteiger partial charge is 0.324 e. The Morgan fingerprint density at radius 2 is 1.83 bits per heavy atom. The van der Waals surface area contributed by atoms with Crippen molar-refractivity contribution in [1.82, 2.24) is 0 Å². The molecule has 0 saturated heterocycles. The fourth-order valence-electron chi connectivity index (χ4n) is 0. The van der Waals surface area contributed by atoms with Crippen molar-refractivity contribution in [2.24, 2.45) is 0 Å². The molecule has 0 heterocycles. The van der Waals surface area contributed by atoms with E-state index in [0.717, 1.165) is 0 Å². The van der Waals surface area contributed by atoms with Crippen LogP contribution in [-0.2, 0) is 10.0 Å². The van der Waals surface area contributed by atoms with Crippen LogP contribution in [0.15, 0.2) is 0 Å². The van der Waals surface area contributed by atoms with Gasteiger partial charge in [0, 0.05) is 0 Å². The molecule has 0 aromatic heterocycles. The summed E-state index contributed by atoms with van der Waals surface area (Å²) in [5.41, 5.74) is 0. The first-order valence-corrected chi connectivity index (χ1v) is 3.27. The fraction of sp³-hybridized carbons (Fsp3) is 0. The van der Waals surface area contributed by atoms with Crippen LogP contribution in [0.4, 0.5) is 4.79 Å². The summed E-state index contributed by atoms with van der Waals surface area (Å²) in [4.78, 5) is 9.48. The summed E-state index contributed by atoms with van der Waals surface area (Å²) in [6.45, 7) is 0. The van der Waals surface area contributed by atoms with E-state index in [4.69, 9.17) is 0 Å². The van der Waals surface area contributed by atoms with Gasteiger partial charge in [-0.15, -0.1) is 0 Å². The van der Waals surface area contributed by atoms with Crippen LogP contribution in [0.2, 0.25) is 0 Å². The normalized spacial score (nSPS) is 13.7. The zero-order valence-corrected chi connectivity index (χ0v) is 4.81. The van der Waals surface area contributed by atoms with Crippen molar-refractivity contribution >= 4 is 36.9 Å². The number of carbonyl (C=O) groups is 1. The van der Waals surface area contributed by atoms with Crippen LogP contribution >= 0.6 is 22.3 Å². The van der Waals surface area contributed by atoms with Gasteiger partial charge in [0.05, 0.1) is 0 Å². The van der Waals surface area contributed by atoms with E-state index in [2.05, 4.69) is 22.3 Å². The molecule has 0 bridgehead atoms. The minimum Gasteiger partial charge on any atom is -0.264 e. The van der Waals surface area contributed by atoms with Gasteiger partial charge in [-0.1, -0.05) is 0 Å². The molecule has 5 heteroatoms. The summed E-state index contributed by atoms with van der Waals surface area (Å²) >= 11 is 4.54. The third kappa shape index (κ3) is 2.63. The molecule has 0 rings (SSSR count). The molecule has 0 amide bonds. The zero-order chi connectivity index (χ0) is 5.15. The van der Waals surface area contributed by atoms with Crippen LogP contribution in [0, 0.1) is 0 Å². The average molecular weight is 147 g/mol. The third-order valence-corrected chi connectivity index (χ3v) is 1.46. The molecule has 2 nitrogen and oxygen atoms in total. The van der Waals surface area contributed by atoms with E-state index in [1.54, 1.807) is 0 Å². The monoisotopic (exact) mass is 146 g/mol. The van der Waals surface area contributed by atoms with Gasteiger partial charge in [0.25, 0.3) is 0 Å². The second kappa shape index (κ2) is 2.55. The Kier molecular flexibility index (Phi) is 2.72. The van der Waals surface area contributed by atoms with Crippen molar-refractivity contribution < 1.29 is 9.00 Å². The molecule has 0 aliphatic heterocycles. The molecule has 0 N–H and O–H groups in total. The Hall–Kier alpha value is 0.400. The van der Waals surface area contributed by atoms with Gasteiger partial charge in [0.1, 0.15) is 0 Å². The summed E-state index contributed by atoms with van der Waals surface area (Å²) in [7, 11) is 2.58. The van der Waals surface area contributed by atoms with E-state index in [9.17, 15) is 9.00 Å². The molecule has 0 aromatic rings. The number of hydrogen-bond acceptors (Lipinski definition) is 2. The Morgan fingerprint density at radius 1 is 1.67 bits per heavy atom. The maximum Gasteiger partial charge on any atom is 0.324 e. The van der Waals surface area contributed by atoms with E-state index < -0.39 is 14.6 Å². The van der Waals surface area contributed by atoms with E-state index in [0.29, 0.717) is 0 Å². The Morgan fingerprint density at radius 3 is 1.83 bits per heavy atom. The molecule has 0 fully saturated rings. The second-order valence-corrected chi connectivity index (χ2v) is 2.69. The lowest BCUT2D eigenvalue weighted by molar-refractivity contribution is 0.275. The fourth-order valence-corrected chi connectivity index (χ4v) is 0. The molecule has 0 aliphatic carbocycles. The van der Waals surface area contributed by atoms with E-state index in [1.165, 1.54) is 0 Å². The maximum absolute atomic E-state index is 9.54. The quantitative estimate of drug-likeness (QED) is 0.483. The van der Waals surface area contributed by atoms with Crippen LogP contribution in [0.25, 0.3) is 0 Å². The van der Waals surface area contributed by atoms with Crippen molar-refractivity contribution in [2.45, 2.75) is 0 Å².